The molecule has 1 fully saturated rings. The van der Waals surface area contributed by atoms with Crippen molar-refractivity contribution in [3.05, 3.63) is 30.0 Å². The van der Waals surface area contributed by atoms with Crippen molar-refractivity contribution >= 4 is 22.5 Å². The monoisotopic (exact) mass is 284 g/mol. The third kappa shape index (κ3) is 2.39. The van der Waals surface area contributed by atoms with Gasteiger partial charge in [0.1, 0.15) is 11.5 Å². The highest BCUT2D eigenvalue weighted by Crippen LogP contribution is 2.38. The van der Waals surface area contributed by atoms with E-state index in [9.17, 15) is 9.59 Å². The zero-order chi connectivity index (χ0) is 15.2. The number of rotatable bonds is 2. The third-order valence-electron chi connectivity index (χ3n) is 4.50. The average Bonchev–Trinajstić information content (AvgIpc) is 2.79. The Bertz CT molecular complexity index is 727. The highest BCUT2D eigenvalue weighted by molar-refractivity contribution is 6.15. The topological polar surface area (TPSA) is 52.0 Å². The van der Waals surface area contributed by atoms with E-state index < -0.39 is 5.92 Å². The molecular weight excluding hydrogens is 264 g/mol. The van der Waals surface area contributed by atoms with Gasteiger partial charge in [-0.1, -0.05) is 32.0 Å². The van der Waals surface area contributed by atoms with E-state index in [0.717, 1.165) is 17.3 Å². The molecule has 1 heterocycles. The minimum atomic E-state index is -0.535. The average molecular weight is 284 g/mol. The van der Waals surface area contributed by atoms with Crippen LogP contribution in [0.5, 0.6) is 0 Å². The van der Waals surface area contributed by atoms with Crippen molar-refractivity contribution in [3.63, 3.8) is 0 Å². The smallest absolute Gasteiger partial charge is 0.194 e. The number of aromatic nitrogens is 2. The van der Waals surface area contributed by atoms with Gasteiger partial charge < -0.3 is 0 Å². The fourth-order valence-electron chi connectivity index (χ4n) is 3.20. The van der Waals surface area contributed by atoms with Crippen LogP contribution in [-0.2, 0) is 11.8 Å². The summed E-state index contributed by atoms with van der Waals surface area (Å²) in [6, 6.07) is 7.65. The summed E-state index contributed by atoms with van der Waals surface area (Å²) in [5, 5.41) is 5.20. The first-order chi connectivity index (χ1) is 9.89. The number of fused-ring (bicyclic) bond motifs is 1. The molecular formula is C17H20N2O2. The number of hydrogen-bond acceptors (Lipinski definition) is 3. The van der Waals surface area contributed by atoms with Crippen LogP contribution in [0.4, 0.5) is 0 Å². The summed E-state index contributed by atoms with van der Waals surface area (Å²) in [4.78, 5) is 25.0. The lowest BCUT2D eigenvalue weighted by Gasteiger charge is -2.33. The van der Waals surface area contributed by atoms with E-state index in [0.29, 0.717) is 18.5 Å². The van der Waals surface area contributed by atoms with Crippen molar-refractivity contribution < 1.29 is 9.59 Å². The summed E-state index contributed by atoms with van der Waals surface area (Å²) < 4.78 is 1.71. The van der Waals surface area contributed by atoms with Crippen LogP contribution in [0, 0.1) is 11.3 Å². The lowest BCUT2D eigenvalue weighted by atomic mass is 9.70. The fraction of sp³-hybridized carbons (Fsp3) is 0.471. The number of nitrogens with zero attached hydrogens (tertiary/aromatic N) is 2. The third-order valence-corrected chi connectivity index (χ3v) is 4.50. The molecule has 110 valence electrons. The number of aryl methyl sites for hydroxylation is 1. The molecule has 1 unspecified atom stereocenters. The Kier molecular flexibility index (Phi) is 3.19. The van der Waals surface area contributed by atoms with E-state index in [1.807, 2.05) is 31.3 Å². The molecule has 0 amide bonds. The Morgan fingerprint density at radius 2 is 2.05 bits per heavy atom. The van der Waals surface area contributed by atoms with Crippen LogP contribution in [0.25, 0.3) is 10.9 Å². The van der Waals surface area contributed by atoms with Gasteiger partial charge in [0, 0.05) is 18.9 Å². The van der Waals surface area contributed by atoms with Crippen LogP contribution in [0.3, 0.4) is 0 Å². The summed E-state index contributed by atoms with van der Waals surface area (Å²) in [6.07, 6.45) is 1.97. The molecule has 4 heteroatoms. The van der Waals surface area contributed by atoms with Gasteiger partial charge in [0.05, 0.1) is 11.4 Å². The second kappa shape index (κ2) is 4.79. The molecule has 1 saturated carbocycles. The van der Waals surface area contributed by atoms with Crippen LogP contribution in [0.15, 0.2) is 24.3 Å². The van der Waals surface area contributed by atoms with Crippen LogP contribution >= 0.6 is 0 Å². The number of carbonyl (C=O) groups is 2. The summed E-state index contributed by atoms with van der Waals surface area (Å²) >= 11 is 0. The van der Waals surface area contributed by atoms with Crippen molar-refractivity contribution in [3.8, 4) is 0 Å². The first-order valence-electron chi connectivity index (χ1n) is 7.38. The van der Waals surface area contributed by atoms with Crippen molar-refractivity contribution in [1.29, 1.82) is 0 Å². The number of hydrogen-bond donors (Lipinski definition) is 0. The SMILES string of the molecule is Cn1nc(C(=O)C2CC(C)(C)CCC2=O)c2ccccc21. The number of carbonyl (C=O) groups excluding carboxylic acids is 2. The molecule has 1 atom stereocenters. The molecule has 1 aromatic carbocycles. The standard InChI is InChI=1S/C17H20N2O2/c1-17(2)9-8-14(20)12(10-17)16(21)15-11-6-4-5-7-13(11)19(3)18-15/h4-7,12H,8-10H2,1-3H3. The second-order valence-electron chi connectivity index (χ2n) is 6.74. The maximum Gasteiger partial charge on any atom is 0.194 e. The van der Waals surface area contributed by atoms with Crippen molar-refractivity contribution in [2.75, 3.05) is 0 Å². The van der Waals surface area contributed by atoms with E-state index in [4.69, 9.17) is 0 Å². The Balaban J connectivity index is 2.02. The van der Waals surface area contributed by atoms with Gasteiger partial charge in [-0.05, 0) is 24.3 Å². The molecule has 3 rings (SSSR count). The molecule has 2 aromatic rings. The van der Waals surface area contributed by atoms with E-state index >= 15 is 0 Å². The molecule has 1 aromatic heterocycles. The van der Waals surface area contributed by atoms with E-state index in [1.54, 1.807) is 4.68 Å². The molecule has 0 spiro atoms. The molecule has 4 nitrogen and oxygen atoms in total. The van der Waals surface area contributed by atoms with E-state index in [2.05, 4.69) is 18.9 Å². The molecule has 0 radical (unpaired) electrons. The summed E-state index contributed by atoms with van der Waals surface area (Å²) in [5.74, 6) is -0.592. The van der Waals surface area contributed by atoms with E-state index in [-0.39, 0.29) is 17.0 Å². The van der Waals surface area contributed by atoms with E-state index in [1.165, 1.54) is 0 Å². The molecule has 0 N–H and O–H groups in total. The maximum atomic E-state index is 12.8. The zero-order valence-electron chi connectivity index (χ0n) is 12.7. The highest BCUT2D eigenvalue weighted by atomic mass is 16.2. The molecule has 1 aliphatic rings. The van der Waals surface area contributed by atoms with Crippen LogP contribution < -0.4 is 0 Å². The number of benzene rings is 1. The number of ketones is 2. The van der Waals surface area contributed by atoms with Crippen LogP contribution in [0.1, 0.15) is 43.6 Å². The maximum absolute atomic E-state index is 12.8. The van der Waals surface area contributed by atoms with Gasteiger partial charge in [-0.25, -0.2) is 0 Å². The number of para-hydroxylation sites is 1. The minimum Gasteiger partial charge on any atom is -0.299 e. The summed E-state index contributed by atoms with van der Waals surface area (Å²) in [7, 11) is 1.83. The predicted octanol–water partition coefficient (Wildman–Crippen LogP) is 3.15. The zero-order valence-corrected chi connectivity index (χ0v) is 12.7. The summed E-state index contributed by atoms with van der Waals surface area (Å²) in [5.41, 5.74) is 1.39. The molecule has 0 aliphatic heterocycles. The molecule has 0 bridgehead atoms. The second-order valence-corrected chi connectivity index (χ2v) is 6.74. The quantitative estimate of drug-likeness (QED) is 0.629. The Morgan fingerprint density at radius 3 is 2.81 bits per heavy atom. The fourth-order valence-corrected chi connectivity index (χ4v) is 3.20. The van der Waals surface area contributed by atoms with Gasteiger partial charge >= 0.3 is 0 Å². The van der Waals surface area contributed by atoms with Gasteiger partial charge in [-0.2, -0.15) is 5.10 Å². The Labute approximate surface area is 124 Å². The van der Waals surface area contributed by atoms with Gasteiger partial charge in [0.2, 0.25) is 0 Å². The van der Waals surface area contributed by atoms with Crippen LogP contribution in [-0.4, -0.2) is 21.3 Å². The molecule has 0 saturated heterocycles. The lowest BCUT2D eigenvalue weighted by Crippen LogP contribution is -2.35. The van der Waals surface area contributed by atoms with Crippen molar-refractivity contribution in [1.82, 2.24) is 9.78 Å². The highest BCUT2D eigenvalue weighted by Gasteiger charge is 2.39. The molecule has 1 aliphatic carbocycles. The Morgan fingerprint density at radius 1 is 1.33 bits per heavy atom. The largest absolute Gasteiger partial charge is 0.299 e. The van der Waals surface area contributed by atoms with Gasteiger partial charge in [-0.3, -0.25) is 14.3 Å². The predicted molar refractivity (Wildman–Crippen MR) is 81.2 cm³/mol. The minimum absolute atomic E-state index is 0.0405. The van der Waals surface area contributed by atoms with Crippen molar-refractivity contribution in [2.45, 2.75) is 33.1 Å². The lowest BCUT2D eigenvalue weighted by molar-refractivity contribution is -0.125. The first kappa shape index (κ1) is 14.0. The van der Waals surface area contributed by atoms with Crippen molar-refractivity contribution in [2.24, 2.45) is 18.4 Å². The Hall–Kier alpha value is -1.97. The summed E-state index contributed by atoms with van der Waals surface area (Å²) in [6.45, 7) is 4.24. The van der Waals surface area contributed by atoms with Crippen LogP contribution in [0.2, 0.25) is 0 Å². The normalized spacial score (nSPS) is 21.7. The van der Waals surface area contributed by atoms with Gasteiger partial charge in [0.15, 0.2) is 5.78 Å². The number of Topliss-reactive ketones (excluding diaryl/α,β-unsaturated/α-hetero) is 2. The first-order valence-corrected chi connectivity index (χ1v) is 7.38. The van der Waals surface area contributed by atoms with Gasteiger partial charge in [-0.15, -0.1) is 0 Å². The van der Waals surface area contributed by atoms with Gasteiger partial charge in [0.25, 0.3) is 0 Å². The molecule has 21 heavy (non-hydrogen) atoms.